The number of nitrogens with one attached hydrogen (secondary N) is 2. The quantitative estimate of drug-likeness (QED) is 0.770. The van der Waals surface area contributed by atoms with Crippen LogP contribution in [0.15, 0.2) is 30.3 Å². The standard InChI is InChI=1S/C20H32N2O3/c1-7-16(15-13-11-10-12-14-15)21-17(23)20(8-2,9-3)22-18(24)25-19(4,5)6/h10-14,16H,7-9H2,1-6H3,(H,21,23)(H,22,24)/t16-/m0/s1. The molecule has 0 aliphatic rings. The molecule has 0 aromatic heterocycles. The van der Waals surface area contributed by atoms with Gasteiger partial charge in [0.1, 0.15) is 11.1 Å². The molecule has 0 heterocycles. The smallest absolute Gasteiger partial charge is 0.408 e. The zero-order valence-corrected chi connectivity index (χ0v) is 16.3. The Hall–Kier alpha value is -2.04. The van der Waals surface area contributed by atoms with Crippen LogP contribution in [0.25, 0.3) is 0 Å². The summed E-state index contributed by atoms with van der Waals surface area (Å²) >= 11 is 0. The van der Waals surface area contributed by atoms with Crippen molar-refractivity contribution < 1.29 is 14.3 Å². The molecule has 2 N–H and O–H groups in total. The van der Waals surface area contributed by atoms with Gasteiger partial charge in [0.15, 0.2) is 0 Å². The average molecular weight is 348 g/mol. The molecular formula is C20H32N2O3. The highest BCUT2D eigenvalue weighted by Crippen LogP contribution is 2.22. The number of benzene rings is 1. The van der Waals surface area contributed by atoms with Gasteiger partial charge in [0.25, 0.3) is 0 Å². The number of carbonyl (C=O) groups is 2. The molecule has 0 aliphatic carbocycles. The van der Waals surface area contributed by atoms with Crippen LogP contribution in [0, 0.1) is 0 Å². The first-order chi connectivity index (χ1) is 11.7. The second-order valence-electron chi connectivity index (χ2n) is 7.26. The Bertz CT molecular complexity index is 560. The molecule has 25 heavy (non-hydrogen) atoms. The van der Waals surface area contributed by atoms with Crippen LogP contribution in [0.4, 0.5) is 4.79 Å². The minimum Gasteiger partial charge on any atom is -0.444 e. The van der Waals surface area contributed by atoms with Crippen LogP contribution in [0.2, 0.25) is 0 Å². The maximum Gasteiger partial charge on any atom is 0.408 e. The van der Waals surface area contributed by atoms with Crippen molar-refractivity contribution in [2.45, 2.75) is 78.0 Å². The normalized spacial score (nSPS) is 13.0. The molecular weight excluding hydrogens is 316 g/mol. The van der Waals surface area contributed by atoms with E-state index in [1.165, 1.54) is 0 Å². The van der Waals surface area contributed by atoms with Gasteiger partial charge >= 0.3 is 6.09 Å². The lowest BCUT2D eigenvalue weighted by Gasteiger charge is -2.34. The second kappa shape index (κ2) is 8.88. The summed E-state index contributed by atoms with van der Waals surface area (Å²) < 4.78 is 5.33. The molecule has 0 aliphatic heterocycles. The lowest BCUT2D eigenvalue weighted by molar-refractivity contribution is -0.129. The van der Waals surface area contributed by atoms with Crippen LogP contribution < -0.4 is 10.6 Å². The summed E-state index contributed by atoms with van der Waals surface area (Å²) in [7, 11) is 0. The first-order valence-electron chi connectivity index (χ1n) is 9.04. The molecule has 140 valence electrons. The van der Waals surface area contributed by atoms with E-state index in [9.17, 15) is 9.59 Å². The van der Waals surface area contributed by atoms with Gasteiger partial charge in [0.05, 0.1) is 6.04 Å². The van der Waals surface area contributed by atoms with E-state index in [1.54, 1.807) is 20.8 Å². The highest BCUT2D eigenvalue weighted by molar-refractivity contribution is 5.90. The van der Waals surface area contributed by atoms with Gasteiger partial charge in [0.2, 0.25) is 5.91 Å². The summed E-state index contributed by atoms with van der Waals surface area (Å²) in [6, 6.07) is 9.76. The fourth-order valence-corrected chi connectivity index (χ4v) is 2.71. The summed E-state index contributed by atoms with van der Waals surface area (Å²) in [5.74, 6) is -0.181. The number of hydrogen-bond acceptors (Lipinski definition) is 3. The topological polar surface area (TPSA) is 67.4 Å². The van der Waals surface area contributed by atoms with Crippen molar-refractivity contribution >= 4 is 12.0 Å². The van der Waals surface area contributed by atoms with Crippen LogP contribution in [-0.2, 0) is 9.53 Å². The summed E-state index contributed by atoms with van der Waals surface area (Å²) in [6.07, 6.45) is 1.17. The Kier molecular flexibility index (Phi) is 7.46. The SMILES string of the molecule is CC[C@H](NC(=O)C(CC)(CC)NC(=O)OC(C)(C)C)c1ccccc1. The number of alkyl carbamates (subject to hydrolysis) is 1. The molecule has 5 nitrogen and oxygen atoms in total. The monoisotopic (exact) mass is 348 g/mol. The number of hydrogen-bond donors (Lipinski definition) is 2. The zero-order valence-electron chi connectivity index (χ0n) is 16.3. The molecule has 1 aromatic rings. The van der Waals surface area contributed by atoms with Gasteiger partial charge in [-0.15, -0.1) is 0 Å². The van der Waals surface area contributed by atoms with E-state index in [1.807, 2.05) is 51.1 Å². The number of carbonyl (C=O) groups excluding carboxylic acids is 2. The number of ether oxygens (including phenoxy) is 1. The lowest BCUT2D eigenvalue weighted by atomic mass is 9.90. The van der Waals surface area contributed by atoms with Crippen molar-refractivity contribution in [2.75, 3.05) is 0 Å². The van der Waals surface area contributed by atoms with E-state index < -0.39 is 17.2 Å². The van der Waals surface area contributed by atoms with E-state index in [-0.39, 0.29) is 11.9 Å². The molecule has 1 rings (SSSR count). The second-order valence-corrected chi connectivity index (χ2v) is 7.26. The Labute approximate surface area is 151 Å². The molecule has 0 spiro atoms. The minimum atomic E-state index is -0.982. The number of rotatable bonds is 7. The van der Waals surface area contributed by atoms with E-state index in [0.717, 1.165) is 12.0 Å². The molecule has 0 bridgehead atoms. The maximum absolute atomic E-state index is 13.0. The zero-order chi connectivity index (χ0) is 19.1. The van der Waals surface area contributed by atoms with Crippen LogP contribution in [0.3, 0.4) is 0 Å². The predicted octanol–water partition coefficient (Wildman–Crippen LogP) is 4.34. The molecule has 5 heteroatoms. The van der Waals surface area contributed by atoms with Crippen molar-refractivity contribution in [3.63, 3.8) is 0 Å². The van der Waals surface area contributed by atoms with Gasteiger partial charge < -0.3 is 15.4 Å². The fourth-order valence-electron chi connectivity index (χ4n) is 2.71. The van der Waals surface area contributed by atoms with E-state index in [0.29, 0.717) is 12.8 Å². The summed E-state index contributed by atoms with van der Waals surface area (Å²) in [5.41, 5.74) is -0.536. The summed E-state index contributed by atoms with van der Waals surface area (Å²) in [5, 5.41) is 5.88. The first-order valence-corrected chi connectivity index (χ1v) is 9.04. The van der Waals surface area contributed by atoms with E-state index >= 15 is 0 Å². The largest absolute Gasteiger partial charge is 0.444 e. The van der Waals surface area contributed by atoms with Crippen molar-refractivity contribution in [1.82, 2.24) is 10.6 Å². The lowest BCUT2D eigenvalue weighted by Crippen LogP contribution is -2.59. The van der Waals surface area contributed by atoms with E-state index in [4.69, 9.17) is 4.74 Å². The third-order valence-corrected chi connectivity index (χ3v) is 4.30. The highest BCUT2D eigenvalue weighted by Gasteiger charge is 2.38. The summed E-state index contributed by atoms with van der Waals surface area (Å²) in [6.45, 7) is 11.2. The molecule has 0 radical (unpaired) electrons. The van der Waals surface area contributed by atoms with Gasteiger partial charge in [-0.05, 0) is 45.6 Å². The first kappa shape index (κ1) is 21.0. The van der Waals surface area contributed by atoms with Crippen molar-refractivity contribution in [1.29, 1.82) is 0 Å². The van der Waals surface area contributed by atoms with Gasteiger partial charge in [0, 0.05) is 0 Å². The Morgan fingerprint density at radius 1 is 1.04 bits per heavy atom. The molecule has 0 fully saturated rings. The number of amides is 2. The Balaban J connectivity index is 2.92. The molecule has 0 saturated carbocycles. The van der Waals surface area contributed by atoms with Gasteiger partial charge in [-0.3, -0.25) is 4.79 Å². The molecule has 2 amide bonds. The maximum atomic E-state index is 13.0. The molecule has 0 saturated heterocycles. The molecule has 1 aromatic carbocycles. The van der Waals surface area contributed by atoms with Crippen molar-refractivity contribution in [2.24, 2.45) is 0 Å². The Morgan fingerprint density at radius 2 is 1.60 bits per heavy atom. The third-order valence-electron chi connectivity index (χ3n) is 4.30. The minimum absolute atomic E-state index is 0.0911. The van der Waals surface area contributed by atoms with Crippen LogP contribution in [-0.4, -0.2) is 23.1 Å². The van der Waals surface area contributed by atoms with Crippen molar-refractivity contribution in [3.8, 4) is 0 Å². The predicted molar refractivity (Wildman–Crippen MR) is 100 cm³/mol. The molecule has 1 atom stereocenters. The third kappa shape index (κ3) is 6.07. The average Bonchev–Trinajstić information content (AvgIpc) is 2.56. The van der Waals surface area contributed by atoms with Crippen molar-refractivity contribution in [3.05, 3.63) is 35.9 Å². The fraction of sp³-hybridized carbons (Fsp3) is 0.600. The van der Waals surface area contributed by atoms with Crippen LogP contribution in [0.5, 0.6) is 0 Å². The van der Waals surface area contributed by atoms with Crippen LogP contribution >= 0.6 is 0 Å². The highest BCUT2D eigenvalue weighted by atomic mass is 16.6. The van der Waals surface area contributed by atoms with Gasteiger partial charge in [-0.2, -0.15) is 0 Å². The van der Waals surface area contributed by atoms with Gasteiger partial charge in [-0.25, -0.2) is 4.79 Å². The van der Waals surface area contributed by atoms with Gasteiger partial charge in [-0.1, -0.05) is 51.1 Å². The summed E-state index contributed by atoms with van der Waals surface area (Å²) in [4.78, 5) is 25.2. The Morgan fingerprint density at radius 3 is 2.04 bits per heavy atom. The van der Waals surface area contributed by atoms with Crippen LogP contribution in [0.1, 0.15) is 72.4 Å². The van der Waals surface area contributed by atoms with E-state index in [2.05, 4.69) is 10.6 Å². The molecule has 0 unspecified atom stereocenters.